The van der Waals surface area contributed by atoms with Crippen LogP contribution in [0.1, 0.15) is 34.1 Å². The van der Waals surface area contributed by atoms with Gasteiger partial charge in [0.15, 0.2) is 0 Å². The highest BCUT2D eigenvalue weighted by Gasteiger charge is 2.11. The summed E-state index contributed by atoms with van der Waals surface area (Å²) in [4.78, 5) is 21.3. The second-order valence-electron chi connectivity index (χ2n) is 3.03. The summed E-state index contributed by atoms with van der Waals surface area (Å²) in [6, 6.07) is 4.26. The molecule has 1 aromatic carbocycles. The van der Waals surface area contributed by atoms with Crippen LogP contribution in [0, 0.1) is 0 Å². The number of carboxylic acid groups (broad SMARTS) is 1. The summed E-state index contributed by atoms with van der Waals surface area (Å²) in [5.41, 5.74) is 0.486. The first kappa shape index (κ1) is 11.2. The Morgan fingerprint density at radius 1 is 1.53 bits per heavy atom. The zero-order valence-corrected chi connectivity index (χ0v) is 8.40. The van der Waals surface area contributed by atoms with Gasteiger partial charge in [0.25, 0.3) is 0 Å². The highest BCUT2D eigenvalue weighted by atomic mass is 16.5. The first-order valence-electron chi connectivity index (χ1n) is 4.64. The Bertz CT molecular complexity index is 371. The maximum Gasteiger partial charge on any atom is 0.339 e. The van der Waals surface area contributed by atoms with Crippen molar-refractivity contribution in [3.8, 4) is 5.75 Å². The van der Waals surface area contributed by atoms with E-state index in [2.05, 4.69) is 0 Å². The van der Waals surface area contributed by atoms with E-state index in [0.29, 0.717) is 18.5 Å². The molecule has 4 heteroatoms. The average Bonchev–Trinajstić information content (AvgIpc) is 2.25. The van der Waals surface area contributed by atoms with Crippen LogP contribution in [0.15, 0.2) is 18.2 Å². The molecule has 0 bridgehead atoms. The predicted molar refractivity (Wildman–Crippen MR) is 54.6 cm³/mol. The molecule has 0 spiro atoms. The number of hydrogen-bond donors (Lipinski definition) is 1. The standard InChI is InChI=1S/C11H12O4/c1-2-5-15-10-6-8(7-12)3-4-9(10)11(13)14/h3-4,6-7H,2,5H2,1H3,(H,13,14). The number of hydrogen-bond acceptors (Lipinski definition) is 3. The lowest BCUT2D eigenvalue weighted by Crippen LogP contribution is -2.04. The highest BCUT2D eigenvalue weighted by molar-refractivity contribution is 5.92. The Kier molecular flexibility index (Phi) is 3.85. The van der Waals surface area contributed by atoms with E-state index in [9.17, 15) is 9.59 Å². The number of rotatable bonds is 5. The number of carbonyl (C=O) groups is 2. The maximum atomic E-state index is 10.8. The third-order valence-electron chi connectivity index (χ3n) is 1.83. The Morgan fingerprint density at radius 3 is 2.80 bits per heavy atom. The molecule has 0 saturated carbocycles. The minimum Gasteiger partial charge on any atom is -0.493 e. The van der Waals surface area contributed by atoms with Gasteiger partial charge in [-0.2, -0.15) is 0 Å². The fourth-order valence-electron chi connectivity index (χ4n) is 1.12. The van der Waals surface area contributed by atoms with Gasteiger partial charge in [-0.05, 0) is 18.6 Å². The molecule has 0 unspecified atom stereocenters. The van der Waals surface area contributed by atoms with Crippen LogP contribution in [-0.2, 0) is 0 Å². The molecular formula is C11H12O4. The van der Waals surface area contributed by atoms with Gasteiger partial charge in [-0.15, -0.1) is 0 Å². The quantitative estimate of drug-likeness (QED) is 0.751. The summed E-state index contributed by atoms with van der Waals surface area (Å²) in [5.74, 6) is -0.812. The fourth-order valence-corrected chi connectivity index (χ4v) is 1.12. The van der Waals surface area contributed by atoms with Crippen molar-refractivity contribution in [1.29, 1.82) is 0 Å². The molecule has 0 aromatic heterocycles. The van der Waals surface area contributed by atoms with E-state index in [-0.39, 0.29) is 11.3 Å². The Labute approximate surface area is 87.5 Å². The second-order valence-corrected chi connectivity index (χ2v) is 3.03. The molecule has 0 fully saturated rings. The van der Waals surface area contributed by atoms with Crippen LogP contribution >= 0.6 is 0 Å². The van der Waals surface area contributed by atoms with Gasteiger partial charge in [0.05, 0.1) is 6.61 Å². The Morgan fingerprint density at radius 2 is 2.27 bits per heavy atom. The fraction of sp³-hybridized carbons (Fsp3) is 0.273. The van der Waals surface area contributed by atoms with Gasteiger partial charge in [-0.3, -0.25) is 4.79 Å². The van der Waals surface area contributed by atoms with Crippen molar-refractivity contribution in [3.63, 3.8) is 0 Å². The van der Waals surface area contributed by atoms with Gasteiger partial charge >= 0.3 is 5.97 Å². The van der Waals surface area contributed by atoms with Crippen LogP contribution < -0.4 is 4.74 Å². The van der Waals surface area contributed by atoms with E-state index in [4.69, 9.17) is 9.84 Å². The highest BCUT2D eigenvalue weighted by Crippen LogP contribution is 2.20. The molecule has 0 saturated heterocycles. The minimum atomic E-state index is -1.06. The van der Waals surface area contributed by atoms with E-state index < -0.39 is 5.97 Å². The van der Waals surface area contributed by atoms with Gasteiger partial charge < -0.3 is 9.84 Å². The summed E-state index contributed by atoms with van der Waals surface area (Å²) in [7, 11) is 0. The topological polar surface area (TPSA) is 63.6 Å². The number of ether oxygens (including phenoxy) is 1. The first-order valence-corrected chi connectivity index (χ1v) is 4.64. The van der Waals surface area contributed by atoms with Crippen molar-refractivity contribution in [2.24, 2.45) is 0 Å². The zero-order valence-electron chi connectivity index (χ0n) is 8.40. The zero-order chi connectivity index (χ0) is 11.3. The van der Waals surface area contributed by atoms with Crippen molar-refractivity contribution < 1.29 is 19.4 Å². The van der Waals surface area contributed by atoms with Gasteiger partial charge in [0, 0.05) is 5.56 Å². The van der Waals surface area contributed by atoms with E-state index in [1.807, 2.05) is 6.92 Å². The summed E-state index contributed by atoms with van der Waals surface area (Å²) in [6.45, 7) is 2.35. The summed E-state index contributed by atoms with van der Waals surface area (Å²) in [6.07, 6.45) is 1.44. The van der Waals surface area contributed by atoms with Crippen molar-refractivity contribution in [3.05, 3.63) is 29.3 Å². The molecule has 0 amide bonds. The normalized spacial score (nSPS) is 9.67. The van der Waals surface area contributed by atoms with Crippen LogP contribution in [0.5, 0.6) is 5.75 Å². The largest absolute Gasteiger partial charge is 0.493 e. The molecule has 0 heterocycles. The molecule has 1 rings (SSSR count). The maximum absolute atomic E-state index is 10.8. The number of aldehydes is 1. The van der Waals surface area contributed by atoms with Crippen molar-refractivity contribution in [2.45, 2.75) is 13.3 Å². The lowest BCUT2D eigenvalue weighted by atomic mass is 10.1. The minimum absolute atomic E-state index is 0.0778. The number of carboxylic acids is 1. The molecule has 4 nitrogen and oxygen atoms in total. The van der Waals surface area contributed by atoms with Crippen LogP contribution in [-0.4, -0.2) is 24.0 Å². The summed E-state index contributed by atoms with van der Waals surface area (Å²) in [5, 5.41) is 8.86. The Hall–Kier alpha value is -1.84. The molecule has 1 N–H and O–H groups in total. The van der Waals surface area contributed by atoms with E-state index in [0.717, 1.165) is 6.42 Å². The van der Waals surface area contributed by atoms with Crippen molar-refractivity contribution in [1.82, 2.24) is 0 Å². The Balaban J connectivity index is 3.04. The smallest absolute Gasteiger partial charge is 0.339 e. The lowest BCUT2D eigenvalue weighted by Gasteiger charge is -2.08. The van der Waals surface area contributed by atoms with Gasteiger partial charge in [0.2, 0.25) is 0 Å². The van der Waals surface area contributed by atoms with Gasteiger partial charge in [-0.1, -0.05) is 13.0 Å². The molecule has 0 aliphatic rings. The molecule has 0 aliphatic carbocycles. The summed E-state index contributed by atoms with van der Waals surface area (Å²) < 4.78 is 5.25. The lowest BCUT2D eigenvalue weighted by molar-refractivity contribution is 0.0692. The van der Waals surface area contributed by atoms with Crippen molar-refractivity contribution >= 4 is 12.3 Å². The molecular weight excluding hydrogens is 196 g/mol. The number of aromatic carboxylic acids is 1. The number of carbonyl (C=O) groups excluding carboxylic acids is 1. The number of benzene rings is 1. The SMILES string of the molecule is CCCOc1cc(C=O)ccc1C(=O)O. The third-order valence-corrected chi connectivity index (χ3v) is 1.83. The molecule has 0 aliphatic heterocycles. The molecule has 80 valence electrons. The molecule has 0 atom stereocenters. The molecule has 1 aromatic rings. The second kappa shape index (κ2) is 5.14. The molecule has 15 heavy (non-hydrogen) atoms. The predicted octanol–water partition coefficient (Wildman–Crippen LogP) is 1.99. The first-order chi connectivity index (χ1) is 7.19. The van der Waals surface area contributed by atoms with Crippen LogP contribution in [0.4, 0.5) is 0 Å². The van der Waals surface area contributed by atoms with E-state index in [1.54, 1.807) is 0 Å². The summed E-state index contributed by atoms with van der Waals surface area (Å²) >= 11 is 0. The van der Waals surface area contributed by atoms with E-state index >= 15 is 0 Å². The monoisotopic (exact) mass is 208 g/mol. The van der Waals surface area contributed by atoms with E-state index in [1.165, 1.54) is 18.2 Å². The average molecular weight is 208 g/mol. The van der Waals surface area contributed by atoms with Crippen LogP contribution in [0.3, 0.4) is 0 Å². The van der Waals surface area contributed by atoms with Crippen LogP contribution in [0.2, 0.25) is 0 Å². The van der Waals surface area contributed by atoms with Crippen LogP contribution in [0.25, 0.3) is 0 Å². The van der Waals surface area contributed by atoms with Crippen molar-refractivity contribution in [2.75, 3.05) is 6.61 Å². The molecule has 0 radical (unpaired) electrons. The van der Waals surface area contributed by atoms with Gasteiger partial charge in [-0.25, -0.2) is 4.79 Å². The van der Waals surface area contributed by atoms with Gasteiger partial charge in [0.1, 0.15) is 17.6 Å². The third kappa shape index (κ3) is 2.80.